The van der Waals surface area contributed by atoms with Crippen molar-refractivity contribution in [2.45, 2.75) is 33.1 Å². The molecule has 0 fully saturated rings. The zero-order chi connectivity index (χ0) is 20.5. The summed E-state index contributed by atoms with van der Waals surface area (Å²) >= 11 is 1.77. The molecule has 0 saturated heterocycles. The van der Waals surface area contributed by atoms with Gasteiger partial charge >= 0.3 is 0 Å². The van der Waals surface area contributed by atoms with E-state index < -0.39 is 0 Å². The lowest BCUT2D eigenvalue weighted by Gasteiger charge is -2.29. The van der Waals surface area contributed by atoms with Gasteiger partial charge in [0.15, 0.2) is 12.6 Å². The summed E-state index contributed by atoms with van der Waals surface area (Å²) in [5.74, 6) is 1.56. The molecule has 0 saturated carbocycles. The minimum Gasteiger partial charge on any atom is -0.482 e. The van der Waals surface area contributed by atoms with Crippen LogP contribution in [0.5, 0.6) is 5.75 Å². The number of fused-ring (bicyclic) bond motifs is 1. The molecule has 1 amide bonds. The third-order valence-corrected chi connectivity index (χ3v) is 5.74. The van der Waals surface area contributed by atoms with Crippen LogP contribution in [0.1, 0.15) is 30.2 Å². The zero-order valence-corrected chi connectivity index (χ0v) is 17.9. The number of carbonyl (C=O) groups excluding carboxylic acids is 1. The Morgan fingerprint density at radius 2 is 2.17 bits per heavy atom. The van der Waals surface area contributed by atoms with Crippen LogP contribution < -0.4 is 20.3 Å². The van der Waals surface area contributed by atoms with E-state index in [1.165, 1.54) is 4.88 Å². The number of nitrogens with zero attached hydrogens (tertiary/aromatic N) is 3. The average Bonchev–Trinajstić information content (AvgIpc) is 3.20. The highest BCUT2D eigenvalue weighted by atomic mass is 32.1. The van der Waals surface area contributed by atoms with E-state index in [4.69, 9.17) is 4.74 Å². The van der Waals surface area contributed by atoms with Crippen molar-refractivity contribution in [2.24, 2.45) is 4.99 Å². The predicted molar refractivity (Wildman–Crippen MR) is 118 cm³/mol. The van der Waals surface area contributed by atoms with Gasteiger partial charge in [-0.2, -0.15) is 0 Å². The van der Waals surface area contributed by atoms with Crippen molar-refractivity contribution in [1.29, 1.82) is 0 Å². The molecule has 2 aromatic rings. The number of thiazole rings is 1. The van der Waals surface area contributed by atoms with Gasteiger partial charge in [0, 0.05) is 43.7 Å². The van der Waals surface area contributed by atoms with Crippen LogP contribution in [0.3, 0.4) is 0 Å². The highest BCUT2D eigenvalue weighted by Gasteiger charge is 2.24. The summed E-state index contributed by atoms with van der Waals surface area (Å²) in [6.45, 7) is 7.15. The summed E-state index contributed by atoms with van der Waals surface area (Å²) in [6, 6.07) is 7.65. The highest BCUT2D eigenvalue weighted by molar-refractivity contribution is 7.11. The molecular weight excluding hydrogens is 386 g/mol. The number of para-hydroxylation sites is 2. The second-order valence-electron chi connectivity index (χ2n) is 6.67. The van der Waals surface area contributed by atoms with Crippen molar-refractivity contribution < 1.29 is 9.53 Å². The first-order valence-electron chi connectivity index (χ1n) is 10.2. The van der Waals surface area contributed by atoms with Crippen LogP contribution in [0.4, 0.5) is 5.69 Å². The summed E-state index contributed by atoms with van der Waals surface area (Å²) in [4.78, 5) is 24.4. The van der Waals surface area contributed by atoms with Gasteiger partial charge in [-0.3, -0.25) is 9.79 Å². The molecule has 0 unspecified atom stereocenters. The first kappa shape index (κ1) is 21.1. The molecule has 1 aromatic heterocycles. The van der Waals surface area contributed by atoms with Crippen molar-refractivity contribution in [1.82, 2.24) is 15.6 Å². The summed E-state index contributed by atoms with van der Waals surface area (Å²) in [7, 11) is 0. The van der Waals surface area contributed by atoms with E-state index >= 15 is 0 Å². The lowest BCUT2D eigenvalue weighted by molar-refractivity contribution is -0.121. The molecule has 2 heterocycles. The molecule has 156 valence electrons. The van der Waals surface area contributed by atoms with Gasteiger partial charge in [-0.1, -0.05) is 19.1 Å². The summed E-state index contributed by atoms with van der Waals surface area (Å²) < 4.78 is 5.49. The van der Waals surface area contributed by atoms with Crippen LogP contribution in [0, 0.1) is 0 Å². The van der Waals surface area contributed by atoms with Crippen LogP contribution in [-0.2, 0) is 17.6 Å². The van der Waals surface area contributed by atoms with E-state index in [1.807, 2.05) is 30.5 Å². The van der Waals surface area contributed by atoms with Crippen LogP contribution in [0.25, 0.3) is 0 Å². The molecule has 1 aliphatic rings. The molecule has 0 atom stereocenters. The maximum atomic E-state index is 12.2. The van der Waals surface area contributed by atoms with Gasteiger partial charge in [-0.15, -0.1) is 11.3 Å². The van der Waals surface area contributed by atoms with Gasteiger partial charge in [-0.25, -0.2) is 4.98 Å². The second kappa shape index (κ2) is 10.8. The summed E-state index contributed by atoms with van der Waals surface area (Å²) in [5.41, 5.74) is 0.840. The molecule has 3 rings (SSSR count). The third-order valence-electron chi connectivity index (χ3n) is 4.54. The minimum atomic E-state index is -0.00684. The zero-order valence-electron chi connectivity index (χ0n) is 17.1. The Morgan fingerprint density at radius 1 is 1.31 bits per heavy atom. The fourth-order valence-electron chi connectivity index (χ4n) is 3.08. The SMILES string of the molecule is CCNC(=NCCCN1C(=O)COc2ccccc21)NCCc1ncc(CC)s1. The molecule has 1 aromatic carbocycles. The highest BCUT2D eigenvalue weighted by Crippen LogP contribution is 2.31. The predicted octanol–water partition coefficient (Wildman–Crippen LogP) is 2.62. The number of guanidine groups is 1. The molecule has 0 spiro atoms. The monoisotopic (exact) mass is 415 g/mol. The summed E-state index contributed by atoms with van der Waals surface area (Å²) in [6.07, 6.45) is 4.66. The fourth-order valence-corrected chi connectivity index (χ4v) is 3.94. The van der Waals surface area contributed by atoms with Crippen molar-refractivity contribution in [3.05, 3.63) is 40.3 Å². The van der Waals surface area contributed by atoms with E-state index in [1.54, 1.807) is 16.2 Å². The molecule has 1 aliphatic heterocycles. The van der Waals surface area contributed by atoms with E-state index in [2.05, 4.69) is 34.5 Å². The molecule has 0 bridgehead atoms. The van der Waals surface area contributed by atoms with E-state index in [-0.39, 0.29) is 12.5 Å². The number of nitrogens with one attached hydrogen (secondary N) is 2. The molecular formula is C21H29N5O2S. The standard InChI is InChI=1S/C21H29N5O2S/c1-3-16-14-25-19(29-16)10-12-24-21(22-4-2)23-11-7-13-26-17-8-5-6-9-18(17)28-15-20(26)27/h5-6,8-9,14H,3-4,7,10-13,15H2,1-2H3,(H2,22,23,24). The van der Waals surface area contributed by atoms with Crippen molar-refractivity contribution in [2.75, 3.05) is 37.7 Å². The maximum absolute atomic E-state index is 12.2. The van der Waals surface area contributed by atoms with Crippen LogP contribution in [0.2, 0.25) is 0 Å². The molecule has 2 N–H and O–H groups in total. The van der Waals surface area contributed by atoms with Gasteiger partial charge in [-0.05, 0) is 31.9 Å². The van der Waals surface area contributed by atoms with E-state index in [0.717, 1.165) is 54.8 Å². The Balaban J connectivity index is 1.47. The number of aliphatic imine (C=N–C) groups is 1. The number of aromatic nitrogens is 1. The number of ether oxygens (including phenoxy) is 1. The Kier molecular flexibility index (Phi) is 7.86. The van der Waals surface area contributed by atoms with E-state index in [0.29, 0.717) is 13.1 Å². The largest absolute Gasteiger partial charge is 0.482 e. The van der Waals surface area contributed by atoms with Crippen LogP contribution >= 0.6 is 11.3 Å². The van der Waals surface area contributed by atoms with Crippen molar-refractivity contribution in [3.8, 4) is 5.75 Å². The van der Waals surface area contributed by atoms with Crippen molar-refractivity contribution in [3.63, 3.8) is 0 Å². The molecule has 7 nitrogen and oxygen atoms in total. The molecule has 8 heteroatoms. The third kappa shape index (κ3) is 5.93. The number of anilines is 1. The van der Waals surface area contributed by atoms with Gasteiger partial charge in [0.25, 0.3) is 5.91 Å². The summed E-state index contributed by atoms with van der Waals surface area (Å²) in [5, 5.41) is 7.78. The van der Waals surface area contributed by atoms with Gasteiger partial charge in [0.1, 0.15) is 5.75 Å². The first-order chi connectivity index (χ1) is 14.2. The Bertz CT molecular complexity index is 836. The lowest BCUT2D eigenvalue weighted by atomic mass is 10.2. The fraction of sp³-hybridized carbons (Fsp3) is 0.476. The Labute approximate surface area is 176 Å². The maximum Gasteiger partial charge on any atom is 0.265 e. The quantitative estimate of drug-likeness (QED) is 0.374. The van der Waals surface area contributed by atoms with Gasteiger partial charge in [0.2, 0.25) is 0 Å². The number of rotatable bonds is 9. The van der Waals surface area contributed by atoms with E-state index in [9.17, 15) is 4.79 Å². The smallest absolute Gasteiger partial charge is 0.265 e. The minimum absolute atomic E-state index is 0.00684. The number of carbonyl (C=O) groups is 1. The first-order valence-corrected chi connectivity index (χ1v) is 11.0. The number of benzene rings is 1. The average molecular weight is 416 g/mol. The lowest BCUT2D eigenvalue weighted by Crippen LogP contribution is -2.40. The number of hydrogen-bond donors (Lipinski definition) is 2. The normalized spacial score (nSPS) is 13.8. The number of amides is 1. The second-order valence-corrected chi connectivity index (χ2v) is 7.87. The number of hydrogen-bond acceptors (Lipinski definition) is 5. The Morgan fingerprint density at radius 3 is 2.97 bits per heavy atom. The van der Waals surface area contributed by atoms with Crippen molar-refractivity contribution >= 4 is 28.9 Å². The Hall–Kier alpha value is -2.61. The van der Waals surface area contributed by atoms with Crippen LogP contribution in [0.15, 0.2) is 35.5 Å². The molecule has 0 aliphatic carbocycles. The number of aryl methyl sites for hydroxylation is 1. The topological polar surface area (TPSA) is 78.9 Å². The molecule has 0 radical (unpaired) electrons. The van der Waals surface area contributed by atoms with Gasteiger partial charge < -0.3 is 20.3 Å². The van der Waals surface area contributed by atoms with Gasteiger partial charge in [0.05, 0.1) is 10.7 Å². The molecule has 29 heavy (non-hydrogen) atoms. The van der Waals surface area contributed by atoms with Crippen LogP contribution in [-0.4, -0.2) is 49.6 Å².